The summed E-state index contributed by atoms with van der Waals surface area (Å²) in [5, 5.41) is 10.2. The fourth-order valence-electron chi connectivity index (χ4n) is 3.54. The second-order valence-electron chi connectivity index (χ2n) is 8.21. The third-order valence-corrected chi connectivity index (χ3v) is 5.38. The predicted molar refractivity (Wildman–Crippen MR) is 123 cm³/mol. The standard InChI is InChI=1S/C26H27F3N2O2/c1-4-21(32)13-25(33)22(29)15-31-24(18-7-11-20(28)12-8-18)14-23(30-26(31)16(2)3)17-5-9-19(27)10-6-17/h5-12,14-16,24-25,33H,4,13H2,1-3H3/b22-15-/t24?,25-/m0/s1. The lowest BCUT2D eigenvalue weighted by atomic mass is 9.97. The molecule has 0 radical (unpaired) electrons. The second kappa shape index (κ2) is 10.6. The molecule has 0 saturated heterocycles. The smallest absolute Gasteiger partial charge is 0.145 e. The molecule has 1 aliphatic heterocycles. The molecule has 0 amide bonds. The highest BCUT2D eigenvalue weighted by molar-refractivity contribution is 5.93. The molecule has 0 aromatic heterocycles. The molecule has 1 N–H and O–H groups in total. The van der Waals surface area contributed by atoms with E-state index in [1.54, 1.807) is 42.2 Å². The van der Waals surface area contributed by atoms with Crippen molar-refractivity contribution in [3.8, 4) is 0 Å². The number of ketones is 1. The normalized spacial score (nSPS) is 17.6. The Morgan fingerprint density at radius 3 is 2.21 bits per heavy atom. The molecule has 1 aliphatic rings. The molecule has 1 unspecified atom stereocenters. The van der Waals surface area contributed by atoms with E-state index in [1.165, 1.54) is 24.3 Å². The molecule has 2 aromatic rings. The van der Waals surface area contributed by atoms with Gasteiger partial charge in [-0.25, -0.2) is 18.2 Å². The summed E-state index contributed by atoms with van der Waals surface area (Å²) in [6.07, 6.45) is 1.24. The Hall–Kier alpha value is -3.19. The molecular formula is C26H27F3N2O2. The molecule has 0 spiro atoms. The Kier molecular flexibility index (Phi) is 7.87. The average Bonchev–Trinajstić information content (AvgIpc) is 2.79. The van der Waals surface area contributed by atoms with Gasteiger partial charge >= 0.3 is 0 Å². The van der Waals surface area contributed by atoms with Crippen LogP contribution in [0.2, 0.25) is 0 Å². The number of aliphatic imine (C=N–C) groups is 1. The number of aliphatic hydroxyl groups excluding tert-OH is 1. The topological polar surface area (TPSA) is 52.9 Å². The second-order valence-corrected chi connectivity index (χ2v) is 8.21. The van der Waals surface area contributed by atoms with Crippen LogP contribution in [0, 0.1) is 17.6 Å². The highest BCUT2D eigenvalue weighted by Gasteiger charge is 2.29. The van der Waals surface area contributed by atoms with Crippen molar-refractivity contribution in [1.82, 2.24) is 4.90 Å². The van der Waals surface area contributed by atoms with E-state index in [9.17, 15) is 23.1 Å². The first-order valence-electron chi connectivity index (χ1n) is 10.9. The Morgan fingerprint density at radius 1 is 1.09 bits per heavy atom. The van der Waals surface area contributed by atoms with Gasteiger partial charge in [-0.15, -0.1) is 0 Å². The van der Waals surface area contributed by atoms with Crippen molar-refractivity contribution in [2.24, 2.45) is 10.9 Å². The Morgan fingerprint density at radius 2 is 1.67 bits per heavy atom. The Balaban J connectivity index is 2.09. The van der Waals surface area contributed by atoms with E-state index < -0.39 is 23.8 Å². The number of hydrogen-bond donors (Lipinski definition) is 1. The fraction of sp³-hybridized carbons (Fsp3) is 0.308. The first-order chi connectivity index (χ1) is 15.7. The number of Topliss-reactive ketones (excluding diaryl/α,β-unsaturated/α-hetero) is 1. The number of benzene rings is 2. The van der Waals surface area contributed by atoms with E-state index >= 15 is 0 Å². The molecule has 7 heteroatoms. The van der Waals surface area contributed by atoms with Gasteiger partial charge in [-0.3, -0.25) is 4.79 Å². The van der Waals surface area contributed by atoms with Crippen molar-refractivity contribution in [2.75, 3.05) is 0 Å². The highest BCUT2D eigenvalue weighted by Crippen LogP contribution is 2.35. The number of amidine groups is 1. The zero-order valence-electron chi connectivity index (χ0n) is 18.8. The van der Waals surface area contributed by atoms with Crippen molar-refractivity contribution in [3.05, 3.63) is 89.4 Å². The summed E-state index contributed by atoms with van der Waals surface area (Å²) < 4.78 is 42.0. The van der Waals surface area contributed by atoms with Crippen molar-refractivity contribution in [2.45, 2.75) is 45.8 Å². The Labute approximate surface area is 191 Å². The number of halogens is 3. The minimum Gasteiger partial charge on any atom is -0.385 e. The predicted octanol–water partition coefficient (Wildman–Crippen LogP) is 5.96. The fourth-order valence-corrected chi connectivity index (χ4v) is 3.54. The largest absolute Gasteiger partial charge is 0.385 e. The third kappa shape index (κ3) is 5.99. The van der Waals surface area contributed by atoms with E-state index in [-0.39, 0.29) is 30.4 Å². The molecule has 3 rings (SSSR count). The number of carbonyl (C=O) groups excluding carboxylic acids is 1. The summed E-state index contributed by atoms with van der Waals surface area (Å²) >= 11 is 0. The lowest BCUT2D eigenvalue weighted by Gasteiger charge is -2.36. The van der Waals surface area contributed by atoms with Crippen LogP contribution in [0.4, 0.5) is 13.2 Å². The molecule has 4 nitrogen and oxygen atoms in total. The Bertz CT molecular complexity index is 1070. The van der Waals surface area contributed by atoms with Gasteiger partial charge in [0.05, 0.1) is 11.7 Å². The maximum absolute atomic E-state index is 15.0. The van der Waals surface area contributed by atoms with Crippen LogP contribution < -0.4 is 0 Å². The maximum Gasteiger partial charge on any atom is 0.145 e. The molecule has 0 fully saturated rings. The van der Waals surface area contributed by atoms with Gasteiger partial charge in [-0.1, -0.05) is 32.9 Å². The lowest BCUT2D eigenvalue weighted by Crippen LogP contribution is -2.36. The van der Waals surface area contributed by atoms with Crippen LogP contribution in [0.5, 0.6) is 0 Å². The van der Waals surface area contributed by atoms with Crippen molar-refractivity contribution < 1.29 is 23.1 Å². The van der Waals surface area contributed by atoms with Crippen LogP contribution in [-0.4, -0.2) is 27.7 Å². The van der Waals surface area contributed by atoms with Gasteiger partial charge in [0.15, 0.2) is 0 Å². The van der Waals surface area contributed by atoms with Gasteiger partial charge in [0.2, 0.25) is 0 Å². The summed E-state index contributed by atoms with van der Waals surface area (Å²) in [6, 6.07) is 11.1. The van der Waals surface area contributed by atoms with E-state index in [1.807, 2.05) is 13.8 Å². The van der Waals surface area contributed by atoms with E-state index in [0.717, 1.165) is 6.20 Å². The molecule has 2 aromatic carbocycles. The molecule has 33 heavy (non-hydrogen) atoms. The zero-order chi connectivity index (χ0) is 24.1. The quantitative estimate of drug-likeness (QED) is 0.533. The number of nitrogens with zero attached hydrogens (tertiary/aromatic N) is 2. The van der Waals surface area contributed by atoms with Gasteiger partial charge in [0.1, 0.15) is 35.2 Å². The first kappa shape index (κ1) is 24.5. The zero-order valence-corrected chi connectivity index (χ0v) is 18.8. The minimum atomic E-state index is -1.57. The molecular weight excluding hydrogens is 429 g/mol. The number of hydrogen-bond acceptors (Lipinski definition) is 4. The summed E-state index contributed by atoms with van der Waals surface area (Å²) in [4.78, 5) is 17.9. The SMILES string of the molecule is CCC(=O)C[C@H](O)/C(F)=C/N1C(C(C)C)=NC(c2ccc(F)cc2)=CC1c1ccc(F)cc1. The maximum atomic E-state index is 15.0. The molecule has 1 heterocycles. The lowest BCUT2D eigenvalue weighted by molar-refractivity contribution is -0.120. The molecule has 0 bridgehead atoms. The number of rotatable bonds is 8. The summed E-state index contributed by atoms with van der Waals surface area (Å²) in [7, 11) is 0. The van der Waals surface area contributed by atoms with Gasteiger partial charge in [0.25, 0.3) is 0 Å². The minimum absolute atomic E-state index is 0.143. The first-order valence-corrected chi connectivity index (χ1v) is 10.9. The van der Waals surface area contributed by atoms with Crippen molar-refractivity contribution in [3.63, 3.8) is 0 Å². The molecule has 0 saturated carbocycles. The van der Waals surface area contributed by atoms with Crippen LogP contribution in [-0.2, 0) is 4.79 Å². The third-order valence-electron chi connectivity index (χ3n) is 5.38. The van der Waals surface area contributed by atoms with Gasteiger partial charge < -0.3 is 10.0 Å². The van der Waals surface area contributed by atoms with Gasteiger partial charge in [-0.05, 0) is 48.0 Å². The van der Waals surface area contributed by atoms with E-state index in [2.05, 4.69) is 0 Å². The summed E-state index contributed by atoms with van der Waals surface area (Å²) in [5.41, 5.74) is 1.92. The van der Waals surface area contributed by atoms with Crippen LogP contribution >= 0.6 is 0 Å². The van der Waals surface area contributed by atoms with Gasteiger partial charge in [0, 0.05) is 30.5 Å². The van der Waals surface area contributed by atoms with E-state index in [0.29, 0.717) is 22.7 Å². The molecule has 0 aliphatic carbocycles. The van der Waals surface area contributed by atoms with Gasteiger partial charge in [-0.2, -0.15) is 0 Å². The van der Waals surface area contributed by atoms with Crippen LogP contribution in [0.15, 0.2) is 71.6 Å². The molecule has 2 atom stereocenters. The monoisotopic (exact) mass is 456 g/mol. The highest BCUT2D eigenvalue weighted by atomic mass is 19.1. The number of carbonyl (C=O) groups is 1. The molecule has 174 valence electrons. The summed E-state index contributed by atoms with van der Waals surface area (Å²) in [6.45, 7) is 5.44. The van der Waals surface area contributed by atoms with Crippen molar-refractivity contribution >= 4 is 17.3 Å². The summed E-state index contributed by atoms with van der Waals surface area (Å²) in [5.74, 6) is -1.53. The van der Waals surface area contributed by atoms with Crippen LogP contribution in [0.1, 0.15) is 50.8 Å². The van der Waals surface area contributed by atoms with Crippen LogP contribution in [0.3, 0.4) is 0 Å². The average molecular weight is 457 g/mol. The van der Waals surface area contributed by atoms with Crippen molar-refractivity contribution in [1.29, 1.82) is 0 Å². The van der Waals surface area contributed by atoms with E-state index in [4.69, 9.17) is 4.99 Å². The number of aliphatic hydroxyl groups is 1. The van der Waals surface area contributed by atoms with Crippen LogP contribution in [0.25, 0.3) is 5.70 Å².